The highest BCUT2D eigenvalue weighted by atomic mass is 32.2. The smallest absolute Gasteiger partial charge is 0.212 e. The molecule has 0 heterocycles. The topological polar surface area (TPSA) is 64.6 Å². The Bertz CT molecular complexity index is 567. The van der Waals surface area contributed by atoms with Crippen LogP contribution in [-0.4, -0.2) is 28.4 Å². The first-order valence-corrected chi connectivity index (χ1v) is 8.65. The molecule has 0 saturated heterocycles. The Morgan fingerprint density at radius 2 is 1.76 bits per heavy atom. The normalized spacial score (nSPS) is 12.2. The molecule has 1 rings (SSSR count). The minimum absolute atomic E-state index is 0.139. The Balaban J connectivity index is 3.02. The molecule has 0 aliphatic rings. The summed E-state index contributed by atoms with van der Waals surface area (Å²) < 4.78 is 37.4. The van der Waals surface area contributed by atoms with Gasteiger partial charge in [0.2, 0.25) is 10.0 Å². The maximum absolute atomic E-state index is 12.1. The number of nitrogens with one attached hydrogen (secondary N) is 1. The number of hydrogen-bond acceptors (Lipinski definition) is 4. The van der Waals surface area contributed by atoms with Crippen molar-refractivity contribution >= 4 is 10.0 Å². The Morgan fingerprint density at radius 3 is 2.29 bits per heavy atom. The Hall–Kier alpha value is -1.27. The molecule has 0 atom stereocenters. The summed E-state index contributed by atoms with van der Waals surface area (Å²) in [6.07, 6.45) is 1.50. The maximum atomic E-state index is 12.1. The highest BCUT2D eigenvalue weighted by Gasteiger charge is 2.27. The summed E-state index contributed by atoms with van der Waals surface area (Å²) in [7, 11) is -0.186. The lowest BCUT2D eigenvalue weighted by Gasteiger charge is -2.27. The third kappa shape index (κ3) is 4.89. The fourth-order valence-electron chi connectivity index (χ4n) is 2.06. The molecular formula is C15H25NO4S. The molecule has 5 nitrogen and oxygen atoms in total. The van der Waals surface area contributed by atoms with Crippen molar-refractivity contribution < 1.29 is 17.9 Å². The van der Waals surface area contributed by atoms with Gasteiger partial charge in [-0.2, -0.15) is 0 Å². The number of methoxy groups -OCH3 is 2. The van der Waals surface area contributed by atoms with Crippen LogP contribution in [-0.2, 0) is 15.6 Å². The highest BCUT2D eigenvalue weighted by Crippen LogP contribution is 2.32. The largest absolute Gasteiger partial charge is 0.493 e. The molecular weight excluding hydrogens is 290 g/mol. The Labute approximate surface area is 127 Å². The molecule has 0 aliphatic heterocycles. The highest BCUT2D eigenvalue weighted by molar-refractivity contribution is 7.89. The van der Waals surface area contributed by atoms with Crippen molar-refractivity contribution in [1.82, 2.24) is 4.72 Å². The van der Waals surface area contributed by atoms with Crippen molar-refractivity contribution in [2.45, 2.75) is 39.2 Å². The summed E-state index contributed by atoms with van der Waals surface area (Å²) in [5, 5.41) is 0. The summed E-state index contributed by atoms with van der Waals surface area (Å²) in [6.45, 7) is 5.63. The van der Waals surface area contributed by atoms with Gasteiger partial charge in [-0.05, 0) is 38.0 Å². The molecule has 6 heteroatoms. The van der Waals surface area contributed by atoms with Crippen LogP contribution in [0.3, 0.4) is 0 Å². The second kappa shape index (κ2) is 7.13. The van der Waals surface area contributed by atoms with Crippen molar-refractivity contribution in [3.05, 3.63) is 23.8 Å². The van der Waals surface area contributed by atoms with E-state index in [9.17, 15) is 8.42 Å². The van der Waals surface area contributed by atoms with E-state index in [2.05, 4.69) is 4.72 Å². The van der Waals surface area contributed by atoms with Gasteiger partial charge in [-0.1, -0.05) is 19.4 Å². The van der Waals surface area contributed by atoms with Gasteiger partial charge in [0.05, 0.1) is 25.5 Å². The third-order valence-corrected chi connectivity index (χ3v) is 4.93. The van der Waals surface area contributed by atoms with E-state index in [1.165, 1.54) is 0 Å². The van der Waals surface area contributed by atoms with Gasteiger partial charge in [0.1, 0.15) is 0 Å². The van der Waals surface area contributed by atoms with Crippen LogP contribution in [0, 0.1) is 0 Å². The van der Waals surface area contributed by atoms with Crippen molar-refractivity contribution in [1.29, 1.82) is 0 Å². The van der Waals surface area contributed by atoms with E-state index < -0.39 is 15.6 Å². The van der Waals surface area contributed by atoms with Gasteiger partial charge >= 0.3 is 0 Å². The van der Waals surface area contributed by atoms with E-state index in [0.717, 1.165) is 12.0 Å². The van der Waals surface area contributed by atoms with Crippen molar-refractivity contribution in [2.24, 2.45) is 0 Å². The number of ether oxygens (including phenoxy) is 2. The minimum atomic E-state index is -3.31. The first-order chi connectivity index (χ1) is 9.75. The Kier molecular flexibility index (Phi) is 6.04. The van der Waals surface area contributed by atoms with E-state index in [4.69, 9.17) is 9.47 Å². The molecule has 0 radical (unpaired) electrons. The summed E-state index contributed by atoms with van der Waals surface area (Å²) in [5.74, 6) is 1.34. The predicted octanol–water partition coefficient (Wildman–Crippen LogP) is 2.66. The van der Waals surface area contributed by atoms with Crippen LogP contribution in [0.25, 0.3) is 0 Å². The molecule has 1 aromatic carbocycles. The summed E-state index contributed by atoms with van der Waals surface area (Å²) in [5.41, 5.74) is 0.104. The van der Waals surface area contributed by atoms with E-state index in [1.807, 2.05) is 26.8 Å². The molecule has 0 bridgehead atoms. The molecule has 1 aromatic rings. The number of unbranched alkanes of at least 4 members (excludes halogenated alkanes) is 1. The van der Waals surface area contributed by atoms with Crippen LogP contribution < -0.4 is 14.2 Å². The van der Waals surface area contributed by atoms with Crippen LogP contribution in [0.1, 0.15) is 39.2 Å². The van der Waals surface area contributed by atoms with E-state index in [0.29, 0.717) is 17.9 Å². The van der Waals surface area contributed by atoms with Crippen LogP contribution >= 0.6 is 0 Å². The molecule has 0 saturated carbocycles. The molecule has 0 amide bonds. The zero-order valence-electron chi connectivity index (χ0n) is 13.4. The molecule has 21 heavy (non-hydrogen) atoms. The SMILES string of the molecule is CCCCS(=O)(=O)NC(C)(C)c1ccc(OC)c(OC)c1. The lowest BCUT2D eigenvalue weighted by atomic mass is 9.95. The fourth-order valence-corrected chi connectivity index (χ4v) is 3.72. The van der Waals surface area contributed by atoms with Gasteiger partial charge in [-0.15, -0.1) is 0 Å². The Morgan fingerprint density at radius 1 is 1.14 bits per heavy atom. The average molecular weight is 315 g/mol. The first kappa shape index (κ1) is 17.8. The molecule has 0 unspecified atom stereocenters. The van der Waals surface area contributed by atoms with Crippen LogP contribution in [0.5, 0.6) is 11.5 Å². The third-order valence-electron chi connectivity index (χ3n) is 3.28. The molecule has 0 spiro atoms. The van der Waals surface area contributed by atoms with E-state index in [1.54, 1.807) is 26.4 Å². The molecule has 120 valence electrons. The molecule has 0 aromatic heterocycles. The average Bonchev–Trinajstić information content (AvgIpc) is 2.43. The van der Waals surface area contributed by atoms with Gasteiger partial charge in [-0.3, -0.25) is 0 Å². The maximum Gasteiger partial charge on any atom is 0.212 e. The zero-order chi connectivity index (χ0) is 16.1. The zero-order valence-corrected chi connectivity index (χ0v) is 14.2. The quantitative estimate of drug-likeness (QED) is 0.801. The van der Waals surface area contributed by atoms with Crippen molar-refractivity contribution in [3.63, 3.8) is 0 Å². The monoisotopic (exact) mass is 315 g/mol. The first-order valence-electron chi connectivity index (χ1n) is 7.00. The lowest BCUT2D eigenvalue weighted by molar-refractivity contribution is 0.352. The molecule has 1 N–H and O–H groups in total. The second-order valence-electron chi connectivity index (χ2n) is 5.47. The summed E-state index contributed by atoms with van der Waals surface area (Å²) in [4.78, 5) is 0. The lowest BCUT2D eigenvalue weighted by Crippen LogP contribution is -2.42. The van der Waals surface area contributed by atoms with Gasteiger partial charge in [0.25, 0.3) is 0 Å². The minimum Gasteiger partial charge on any atom is -0.493 e. The summed E-state index contributed by atoms with van der Waals surface area (Å²) in [6, 6.07) is 5.40. The number of hydrogen-bond donors (Lipinski definition) is 1. The van der Waals surface area contributed by atoms with Crippen molar-refractivity contribution in [3.8, 4) is 11.5 Å². The van der Waals surface area contributed by atoms with Gasteiger partial charge < -0.3 is 9.47 Å². The number of rotatable bonds is 8. The van der Waals surface area contributed by atoms with Crippen molar-refractivity contribution in [2.75, 3.05) is 20.0 Å². The van der Waals surface area contributed by atoms with E-state index in [-0.39, 0.29) is 5.75 Å². The van der Waals surface area contributed by atoms with Gasteiger partial charge in [0, 0.05) is 0 Å². The molecule has 0 aliphatic carbocycles. The fraction of sp³-hybridized carbons (Fsp3) is 0.600. The predicted molar refractivity (Wildman–Crippen MR) is 84.4 cm³/mol. The van der Waals surface area contributed by atoms with Gasteiger partial charge in [-0.25, -0.2) is 13.1 Å². The van der Waals surface area contributed by atoms with Crippen LogP contribution in [0.2, 0.25) is 0 Å². The molecule has 0 fully saturated rings. The number of benzene rings is 1. The van der Waals surface area contributed by atoms with E-state index >= 15 is 0 Å². The summed E-state index contributed by atoms with van der Waals surface area (Å²) >= 11 is 0. The van der Waals surface area contributed by atoms with Crippen LogP contribution in [0.15, 0.2) is 18.2 Å². The van der Waals surface area contributed by atoms with Gasteiger partial charge in [0.15, 0.2) is 11.5 Å². The standard InChI is InChI=1S/C15H25NO4S/c1-6-7-10-21(17,18)16-15(2,3)12-8-9-13(19-4)14(11-12)20-5/h8-9,11,16H,6-7,10H2,1-5H3. The second-order valence-corrected chi connectivity index (χ2v) is 7.31. The van der Waals surface area contributed by atoms with Crippen LogP contribution in [0.4, 0.5) is 0 Å². The number of sulfonamides is 1.